The Morgan fingerprint density at radius 2 is 1.88 bits per heavy atom. The largest absolute Gasteiger partial charge is 0.455 e. The van der Waals surface area contributed by atoms with E-state index in [9.17, 15) is 13.2 Å². The van der Waals surface area contributed by atoms with Gasteiger partial charge >= 0.3 is 5.97 Å². The molecule has 1 aromatic carbocycles. The smallest absolute Gasteiger partial charge is 0.338 e. The molecule has 0 radical (unpaired) electrons. The van der Waals surface area contributed by atoms with Crippen molar-refractivity contribution < 1.29 is 17.9 Å². The molecule has 0 amide bonds. The molecule has 0 aliphatic carbocycles. The maximum atomic E-state index is 11.6. The van der Waals surface area contributed by atoms with Gasteiger partial charge in [0, 0.05) is 6.26 Å². The Labute approximate surface area is 101 Å². The Morgan fingerprint density at radius 3 is 2.29 bits per heavy atom. The molecular formula is C12H14O4S. The molecule has 1 aromatic rings. The molecule has 0 heterocycles. The van der Waals surface area contributed by atoms with Crippen LogP contribution in [0.15, 0.2) is 41.8 Å². The molecule has 17 heavy (non-hydrogen) atoms. The number of carbonyl (C=O) groups is 1. The summed E-state index contributed by atoms with van der Waals surface area (Å²) in [5.74, 6) is -0.502. The molecule has 1 atom stereocenters. The van der Waals surface area contributed by atoms with E-state index in [1.54, 1.807) is 6.92 Å². The van der Waals surface area contributed by atoms with Crippen LogP contribution in [0.4, 0.5) is 0 Å². The molecule has 0 aromatic heterocycles. The number of benzene rings is 1. The summed E-state index contributed by atoms with van der Waals surface area (Å²) in [6, 6.07) is 5.61. The lowest BCUT2D eigenvalue weighted by Gasteiger charge is -2.08. The predicted molar refractivity (Wildman–Crippen MR) is 64.6 cm³/mol. The summed E-state index contributed by atoms with van der Waals surface area (Å²) in [7, 11) is -3.24. The molecule has 1 unspecified atom stereocenters. The van der Waals surface area contributed by atoms with E-state index in [1.807, 2.05) is 0 Å². The van der Waals surface area contributed by atoms with Crippen molar-refractivity contribution in [3.63, 3.8) is 0 Å². The summed E-state index contributed by atoms with van der Waals surface area (Å²) in [5.41, 5.74) is 0.311. The minimum absolute atomic E-state index is 0.172. The van der Waals surface area contributed by atoms with Crippen molar-refractivity contribution in [3.8, 4) is 0 Å². The van der Waals surface area contributed by atoms with Gasteiger partial charge in [-0.2, -0.15) is 0 Å². The lowest BCUT2D eigenvalue weighted by molar-refractivity contribution is 0.0425. The van der Waals surface area contributed by atoms with Crippen LogP contribution < -0.4 is 0 Å². The number of ether oxygens (including phenoxy) is 1. The molecule has 5 heteroatoms. The average Bonchev–Trinajstić information content (AvgIpc) is 2.27. The van der Waals surface area contributed by atoms with Crippen LogP contribution in [0.25, 0.3) is 0 Å². The molecule has 1 rings (SSSR count). The van der Waals surface area contributed by atoms with Crippen LogP contribution in [-0.2, 0) is 14.6 Å². The highest BCUT2D eigenvalue weighted by atomic mass is 32.2. The molecule has 0 saturated carbocycles. The minimum Gasteiger partial charge on any atom is -0.455 e. The molecule has 0 aliphatic rings. The number of hydrogen-bond acceptors (Lipinski definition) is 4. The van der Waals surface area contributed by atoms with Crippen molar-refractivity contribution in [2.75, 3.05) is 6.26 Å². The molecular weight excluding hydrogens is 240 g/mol. The van der Waals surface area contributed by atoms with E-state index in [0.29, 0.717) is 5.56 Å². The first-order valence-corrected chi connectivity index (χ1v) is 6.87. The van der Waals surface area contributed by atoms with Gasteiger partial charge in [-0.05, 0) is 31.2 Å². The molecule has 0 fully saturated rings. The summed E-state index contributed by atoms with van der Waals surface area (Å²) in [6.45, 7) is 5.19. The topological polar surface area (TPSA) is 60.4 Å². The first-order valence-electron chi connectivity index (χ1n) is 4.98. The standard InChI is InChI=1S/C12H14O4S/c1-4-9(2)16-12(13)10-5-7-11(8-6-10)17(3,14)15/h4-9H,1H2,2-3H3. The average molecular weight is 254 g/mol. The van der Waals surface area contributed by atoms with Crippen LogP contribution >= 0.6 is 0 Å². The third-order valence-corrected chi connectivity index (χ3v) is 3.27. The zero-order valence-electron chi connectivity index (χ0n) is 9.71. The Morgan fingerprint density at radius 1 is 1.35 bits per heavy atom. The first kappa shape index (κ1) is 13.4. The second-order valence-corrected chi connectivity index (χ2v) is 5.66. The summed E-state index contributed by atoms with van der Waals surface area (Å²) < 4.78 is 27.4. The van der Waals surface area contributed by atoms with Gasteiger partial charge in [-0.1, -0.05) is 12.7 Å². The third kappa shape index (κ3) is 3.71. The van der Waals surface area contributed by atoms with E-state index >= 15 is 0 Å². The lowest BCUT2D eigenvalue weighted by Crippen LogP contribution is -2.12. The first-order chi connectivity index (χ1) is 7.84. The molecule has 0 saturated heterocycles. The van der Waals surface area contributed by atoms with Crippen molar-refractivity contribution >= 4 is 15.8 Å². The highest BCUT2D eigenvalue weighted by Gasteiger charge is 2.12. The Hall–Kier alpha value is -1.62. The fourth-order valence-corrected chi connectivity index (χ4v) is 1.75. The molecule has 0 spiro atoms. The van der Waals surface area contributed by atoms with E-state index in [-0.39, 0.29) is 11.0 Å². The molecule has 4 nitrogen and oxygen atoms in total. The fourth-order valence-electron chi connectivity index (χ4n) is 1.12. The Bertz CT molecular complexity index is 514. The van der Waals surface area contributed by atoms with Crippen molar-refractivity contribution in [2.45, 2.75) is 17.9 Å². The maximum Gasteiger partial charge on any atom is 0.338 e. The molecule has 92 valence electrons. The number of rotatable bonds is 4. The van der Waals surface area contributed by atoms with Gasteiger partial charge < -0.3 is 4.74 Å². The fraction of sp³-hybridized carbons (Fsp3) is 0.250. The van der Waals surface area contributed by atoms with Gasteiger partial charge in [0.15, 0.2) is 9.84 Å². The molecule has 0 N–H and O–H groups in total. The van der Waals surface area contributed by atoms with Gasteiger partial charge in [0.25, 0.3) is 0 Å². The third-order valence-electron chi connectivity index (χ3n) is 2.14. The van der Waals surface area contributed by atoms with Crippen molar-refractivity contribution in [3.05, 3.63) is 42.5 Å². The summed E-state index contributed by atoms with van der Waals surface area (Å²) in [6.07, 6.45) is 2.24. The highest BCUT2D eigenvalue weighted by Crippen LogP contribution is 2.11. The Balaban J connectivity index is 2.88. The van der Waals surface area contributed by atoms with Gasteiger partial charge in [0.1, 0.15) is 6.10 Å². The second kappa shape index (κ2) is 5.14. The number of esters is 1. The van der Waals surface area contributed by atoms with Gasteiger partial charge in [-0.3, -0.25) is 0 Å². The normalized spacial score (nSPS) is 12.8. The highest BCUT2D eigenvalue weighted by molar-refractivity contribution is 7.90. The van der Waals surface area contributed by atoms with Gasteiger partial charge in [-0.25, -0.2) is 13.2 Å². The van der Waals surface area contributed by atoms with Crippen LogP contribution in [0.2, 0.25) is 0 Å². The van der Waals surface area contributed by atoms with Gasteiger partial charge in [0.05, 0.1) is 10.5 Å². The predicted octanol–water partition coefficient (Wildman–Crippen LogP) is 1.82. The minimum atomic E-state index is -3.24. The van der Waals surface area contributed by atoms with E-state index in [0.717, 1.165) is 6.26 Å². The summed E-state index contributed by atoms with van der Waals surface area (Å²) in [4.78, 5) is 11.7. The monoisotopic (exact) mass is 254 g/mol. The zero-order valence-corrected chi connectivity index (χ0v) is 10.5. The van der Waals surface area contributed by atoms with Crippen LogP contribution in [0.1, 0.15) is 17.3 Å². The quantitative estimate of drug-likeness (QED) is 0.607. The molecule has 0 bridgehead atoms. The van der Waals surface area contributed by atoms with Crippen molar-refractivity contribution in [2.24, 2.45) is 0 Å². The van der Waals surface area contributed by atoms with E-state index in [2.05, 4.69) is 6.58 Å². The van der Waals surface area contributed by atoms with Crippen molar-refractivity contribution in [1.29, 1.82) is 0 Å². The van der Waals surface area contributed by atoms with E-state index in [1.165, 1.54) is 30.3 Å². The van der Waals surface area contributed by atoms with Gasteiger partial charge in [-0.15, -0.1) is 0 Å². The maximum absolute atomic E-state index is 11.6. The van der Waals surface area contributed by atoms with Crippen LogP contribution in [0, 0.1) is 0 Å². The number of hydrogen-bond donors (Lipinski definition) is 0. The summed E-state index contributed by atoms with van der Waals surface area (Å²) in [5, 5.41) is 0. The molecule has 0 aliphatic heterocycles. The van der Waals surface area contributed by atoms with Crippen LogP contribution in [0.3, 0.4) is 0 Å². The number of carbonyl (C=O) groups excluding carboxylic acids is 1. The SMILES string of the molecule is C=CC(C)OC(=O)c1ccc(S(C)(=O)=O)cc1. The Kier molecular flexibility index (Phi) is 4.07. The van der Waals surface area contributed by atoms with E-state index in [4.69, 9.17) is 4.74 Å². The van der Waals surface area contributed by atoms with Crippen LogP contribution in [-0.4, -0.2) is 26.7 Å². The van der Waals surface area contributed by atoms with Gasteiger partial charge in [0.2, 0.25) is 0 Å². The van der Waals surface area contributed by atoms with E-state index < -0.39 is 15.8 Å². The lowest BCUT2D eigenvalue weighted by atomic mass is 10.2. The van der Waals surface area contributed by atoms with Crippen molar-refractivity contribution in [1.82, 2.24) is 0 Å². The summed E-state index contributed by atoms with van der Waals surface area (Å²) >= 11 is 0. The zero-order chi connectivity index (χ0) is 13.1. The van der Waals surface area contributed by atoms with Crippen LogP contribution in [0.5, 0.6) is 0 Å². The number of sulfone groups is 1. The second-order valence-electron chi connectivity index (χ2n) is 3.64.